The highest BCUT2D eigenvalue weighted by Crippen LogP contribution is 2.62. The van der Waals surface area contributed by atoms with Gasteiger partial charge in [-0.1, -0.05) is 48.3 Å². The van der Waals surface area contributed by atoms with Gasteiger partial charge in [-0.3, -0.25) is 15.1 Å². The minimum atomic E-state index is -4.34. The van der Waals surface area contributed by atoms with Crippen LogP contribution in [-0.2, 0) is 26.2 Å². The van der Waals surface area contributed by atoms with Crippen molar-refractivity contribution in [1.29, 1.82) is 0 Å². The fraction of sp³-hybridized carbons (Fsp3) is 0.373. The second kappa shape index (κ2) is 21.1. The molecule has 0 radical (unpaired) electrons. The third kappa shape index (κ3) is 9.87. The van der Waals surface area contributed by atoms with Gasteiger partial charge in [0.1, 0.15) is 28.8 Å². The second-order valence-corrected chi connectivity index (χ2v) is 19.9. The number of likely N-dealkylation sites (N-methyl/N-ethyl adjacent to an activating group) is 1. The first-order chi connectivity index (χ1) is 32.5. The summed E-state index contributed by atoms with van der Waals surface area (Å²) in [6.07, 6.45) is 11.6. The van der Waals surface area contributed by atoms with Crippen molar-refractivity contribution in [1.82, 2.24) is 9.29 Å². The van der Waals surface area contributed by atoms with Crippen LogP contribution in [0.1, 0.15) is 62.0 Å². The van der Waals surface area contributed by atoms with Crippen molar-refractivity contribution >= 4 is 44.1 Å². The van der Waals surface area contributed by atoms with Crippen LogP contribution in [-0.4, -0.2) is 83.5 Å². The smallest absolute Gasteiger partial charge is 0.269 e. The molecule has 8 rings (SSSR count). The molecule has 2 N–H and O–H groups in total. The number of nitro benzene ring substituents is 1. The standard InChI is InChI=1S/C51H56N4O10S2/c1-4-29-62-51-47(54(2)67(60,61)46-15-9-12-35-13-10-26-52-50(35)46)32-44(53-63-33-34-16-18-37(19-17-34)55(58)59)42-30-36(11-5-7-27-56)41(14-6-8-28-57)48(49(42)51)43-31-39(22-25-45(43)65-51)64-38-20-23-40(66-3)24-21-38/h4,9-10,12-13,15-26,30-31,36,41,47-49,56-57H,1,5-8,11,14,27-29,32-33H2,2-3H3/t36-,41+,47-,48+,49+,51+/m0/s1. The molecule has 0 amide bonds. The van der Waals surface area contributed by atoms with Gasteiger partial charge in [0.15, 0.2) is 0 Å². The third-order valence-electron chi connectivity index (χ3n) is 13.2. The molecule has 1 fully saturated rings. The summed E-state index contributed by atoms with van der Waals surface area (Å²) in [5.74, 6) is -0.971. The molecular formula is C51H56N4O10S2. The molecule has 0 unspecified atom stereocenters. The number of hydrogen-bond acceptors (Lipinski definition) is 13. The van der Waals surface area contributed by atoms with E-state index in [-0.39, 0.29) is 61.2 Å². The van der Waals surface area contributed by atoms with Crippen molar-refractivity contribution in [3.8, 4) is 17.2 Å². The molecular weight excluding hydrogens is 893 g/mol. The SMILES string of the molecule is C=CCO[C@@]12Oc3ccc(Oc4ccc(SC)cc4)cc3[C@H]3[C@H](CCCCO)[C@@H](CCCCO)C=C(C(=NOCc4ccc([N+](=O)[O-])cc4)C[C@@H]1N(C)S(=O)(=O)c1cccc4cccnc14)[C@H]32. The summed E-state index contributed by atoms with van der Waals surface area (Å²) in [5.41, 5.74) is 3.09. The second-order valence-electron chi connectivity index (χ2n) is 17.1. The van der Waals surface area contributed by atoms with E-state index < -0.39 is 32.7 Å². The average Bonchev–Trinajstić information content (AvgIpc) is 3.34. The highest BCUT2D eigenvalue weighted by Gasteiger charge is 2.65. The highest BCUT2D eigenvalue weighted by atomic mass is 32.2. The molecule has 1 saturated carbocycles. The van der Waals surface area contributed by atoms with Gasteiger partial charge in [0, 0.05) is 66.8 Å². The predicted molar refractivity (Wildman–Crippen MR) is 258 cm³/mol. The molecule has 16 heteroatoms. The maximum absolute atomic E-state index is 15.3. The molecule has 67 heavy (non-hydrogen) atoms. The van der Waals surface area contributed by atoms with E-state index >= 15 is 8.42 Å². The first kappa shape index (κ1) is 47.9. The van der Waals surface area contributed by atoms with Gasteiger partial charge in [-0.2, -0.15) is 4.31 Å². The number of nitrogens with zero attached hydrogens (tertiary/aromatic N) is 4. The predicted octanol–water partition coefficient (Wildman–Crippen LogP) is 9.81. The Bertz CT molecular complexity index is 2730. The maximum atomic E-state index is 15.3. The summed E-state index contributed by atoms with van der Waals surface area (Å²) < 4.78 is 52.7. The first-order valence-corrected chi connectivity index (χ1v) is 25.3. The minimum Gasteiger partial charge on any atom is -0.460 e. The lowest BCUT2D eigenvalue weighted by atomic mass is 9.55. The molecule has 352 valence electrons. The zero-order valence-electron chi connectivity index (χ0n) is 37.6. The summed E-state index contributed by atoms with van der Waals surface area (Å²) in [5, 5.41) is 36.9. The summed E-state index contributed by atoms with van der Waals surface area (Å²) in [7, 11) is -2.80. The molecule has 5 aromatic rings. The van der Waals surface area contributed by atoms with Gasteiger partial charge in [0.25, 0.3) is 5.69 Å². The molecule has 0 saturated heterocycles. The lowest BCUT2D eigenvalue weighted by Crippen LogP contribution is -2.69. The number of unbranched alkanes of at least 4 members (excludes halogenated alkanes) is 2. The molecule has 2 heterocycles. The van der Waals surface area contributed by atoms with Crippen LogP contribution in [0.4, 0.5) is 5.69 Å². The Labute approximate surface area is 395 Å². The number of pyridine rings is 1. The van der Waals surface area contributed by atoms with E-state index in [1.165, 1.54) is 23.5 Å². The van der Waals surface area contributed by atoms with Gasteiger partial charge in [-0.25, -0.2) is 8.42 Å². The van der Waals surface area contributed by atoms with E-state index in [9.17, 15) is 20.3 Å². The first-order valence-electron chi connectivity index (χ1n) is 22.6. The Morgan fingerprint density at radius 3 is 2.43 bits per heavy atom. The van der Waals surface area contributed by atoms with Gasteiger partial charge in [0.2, 0.25) is 15.8 Å². The summed E-state index contributed by atoms with van der Waals surface area (Å²) >= 11 is 1.64. The Morgan fingerprint density at radius 1 is 0.985 bits per heavy atom. The molecule has 0 spiro atoms. The molecule has 6 atom stereocenters. The van der Waals surface area contributed by atoms with E-state index in [1.807, 2.05) is 60.9 Å². The zero-order chi connectivity index (χ0) is 47.1. The zero-order valence-corrected chi connectivity index (χ0v) is 39.2. The van der Waals surface area contributed by atoms with Crippen LogP contribution < -0.4 is 9.47 Å². The quantitative estimate of drug-likeness (QED) is 0.0234. The average molecular weight is 949 g/mol. The number of thioether (sulfide) groups is 1. The Hall–Kier alpha value is -5.62. The lowest BCUT2D eigenvalue weighted by Gasteiger charge is -2.59. The Kier molecular flexibility index (Phi) is 15.1. The number of sulfonamides is 1. The van der Waals surface area contributed by atoms with E-state index in [4.69, 9.17) is 24.2 Å². The molecule has 1 aliphatic heterocycles. The van der Waals surface area contributed by atoms with E-state index in [2.05, 4.69) is 17.6 Å². The highest BCUT2D eigenvalue weighted by molar-refractivity contribution is 7.98. The Balaban J connectivity index is 1.32. The van der Waals surface area contributed by atoms with E-state index in [0.29, 0.717) is 52.3 Å². The van der Waals surface area contributed by atoms with Crippen LogP contribution in [0.3, 0.4) is 0 Å². The van der Waals surface area contributed by atoms with E-state index in [1.54, 1.807) is 54.4 Å². The van der Waals surface area contributed by atoms with Crippen LogP contribution in [0.15, 0.2) is 143 Å². The lowest BCUT2D eigenvalue weighted by molar-refractivity contribution is -0.384. The number of aromatic nitrogens is 1. The molecule has 14 nitrogen and oxygen atoms in total. The summed E-state index contributed by atoms with van der Waals surface area (Å²) in [6, 6.07) is 27.3. The molecule has 0 bridgehead atoms. The number of oxime groups is 1. The molecule has 3 aliphatic rings. The summed E-state index contributed by atoms with van der Waals surface area (Å²) in [4.78, 5) is 22.7. The van der Waals surface area contributed by atoms with Crippen molar-refractivity contribution in [3.63, 3.8) is 0 Å². The fourth-order valence-electron chi connectivity index (χ4n) is 10.1. The third-order valence-corrected chi connectivity index (χ3v) is 15.8. The fourth-order valence-corrected chi connectivity index (χ4v) is 12.0. The van der Waals surface area contributed by atoms with Gasteiger partial charge in [0.05, 0.1) is 34.7 Å². The number of benzene rings is 4. The molecule has 4 aromatic carbocycles. The van der Waals surface area contributed by atoms with Crippen LogP contribution in [0, 0.1) is 27.9 Å². The number of fused-ring (bicyclic) bond motifs is 3. The number of aliphatic hydroxyl groups excluding tert-OH is 2. The maximum Gasteiger partial charge on any atom is 0.269 e. The van der Waals surface area contributed by atoms with Crippen molar-refractivity contribution in [3.05, 3.63) is 149 Å². The molecule has 2 aliphatic carbocycles. The van der Waals surface area contributed by atoms with E-state index in [0.717, 1.165) is 41.7 Å². The number of non-ortho nitro benzene ring substituents is 1. The Morgan fingerprint density at radius 2 is 1.72 bits per heavy atom. The van der Waals surface area contributed by atoms with Gasteiger partial charge < -0.3 is 29.3 Å². The van der Waals surface area contributed by atoms with Crippen LogP contribution >= 0.6 is 11.8 Å². The minimum absolute atomic E-state index is 0.0108. The number of aliphatic hydroxyl groups is 2. The van der Waals surface area contributed by atoms with Crippen molar-refractivity contribution < 1.29 is 42.6 Å². The number of allylic oxidation sites excluding steroid dienone is 1. The van der Waals surface area contributed by atoms with Crippen LogP contribution in [0.25, 0.3) is 10.9 Å². The summed E-state index contributed by atoms with van der Waals surface area (Å²) in [6.45, 7) is 4.10. The number of nitro groups is 1. The van der Waals surface area contributed by atoms with Gasteiger partial charge >= 0.3 is 0 Å². The monoisotopic (exact) mass is 948 g/mol. The van der Waals surface area contributed by atoms with Crippen LogP contribution in [0.5, 0.6) is 17.2 Å². The number of ether oxygens (including phenoxy) is 3. The van der Waals surface area contributed by atoms with Crippen molar-refractivity contribution in [2.45, 2.75) is 79.1 Å². The number of rotatable bonds is 21. The van der Waals surface area contributed by atoms with Crippen LogP contribution in [0.2, 0.25) is 0 Å². The number of para-hydroxylation sites is 1. The largest absolute Gasteiger partial charge is 0.460 e. The molecule has 1 aromatic heterocycles. The topological polar surface area (TPSA) is 183 Å². The number of hydrogen-bond donors (Lipinski definition) is 2. The van der Waals surface area contributed by atoms with Crippen molar-refractivity contribution in [2.24, 2.45) is 22.9 Å². The van der Waals surface area contributed by atoms with Crippen molar-refractivity contribution in [2.75, 3.05) is 33.1 Å². The normalized spacial score (nSPS) is 22.7. The van der Waals surface area contributed by atoms with Gasteiger partial charge in [-0.05, 0) is 122 Å². The van der Waals surface area contributed by atoms with Gasteiger partial charge in [-0.15, -0.1) is 18.3 Å².